The Balaban J connectivity index is 1.11. The van der Waals surface area contributed by atoms with Crippen molar-refractivity contribution >= 4 is 82.4 Å². The van der Waals surface area contributed by atoms with Crippen LogP contribution in [0.5, 0.6) is 0 Å². The van der Waals surface area contributed by atoms with Crippen LogP contribution in [0.15, 0.2) is 199 Å². The molecule has 0 saturated heterocycles. The second-order valence-corrected chi connectivity index (χ2v) is 13.7. The first kappa shape index (κ1) is 29.6. The average molecular weight is 677 g/mol. The third-order valence-electron chi connectivity index (χ3n) is 10.8. The van der Waals surface area contributed by atoms with Crippen LogP contribution in [0.3, 0.4) is 0 Å². The fourth-order valence-electron chi connectivity index (χ4n) is 8.33. The molecule has 3 nitrogen and oxygen atoms in total. The molecule has 0 aliphatic rings. The summed E-state index contributed by atoms with van der Waals surface area (Å²) in [4.78, 5) is 2.42. The number of nitrogens with zero attached hydrogens (tertiary/aromatic N) is 2. The van der Waals surface area contributed by atoms with Crippen molar-refractivity contribution in [3.05, 3.63) is 194 Å². The van der Waals surface area contributed by atoms with Gasteiger partial charge in [0.15, 0.2) is 0 Å². The van der Waals surface area contributed by atoms with Crippen LogP contribution >= 0.6 is 0 Å². The van der Waals surface area contributed by atoms with E-state index in [1.54, 1.807) is 0 Å². The van der Waals surface area contributed by atoms with Crippen LogP contribution in [0.4, 0.5) is 17.1 Å². The number of hydrogen-bond donors (Lipinski definition) is 0. The van der Waals surface area contributed by atoms with Gasteiger partial charge in [-0.3, -0.25) is 0 Å². The molecule has 9 aromatic carbocycles. The average Bonchev–Trinajstić information content (AvgIpc) is 3.77. The predicted molar refractivity (Wildman–Crippen MR) is 223 cm³/mol. The Morgan fingerprint density at radius 1 is 0.377 bits per heavy atom. The second kappa shape index (κ2) is 11.7. The van der Waals surface area contributed by atoms with Crippen LogP contribution in [0.25, 0.3) is 82.1 Å². The van der Waals surface area contributed by atoms with Crippen molar-refractivity contribution in [3.63, 3.8) is 0 Å². The third-order valence-corrected chi connectivity index (χ3v) is 10.8. The smallest absolute Gasteiger partial charge is 0.143 e. The molecule has 0 unspecified atom stereocenters. The second-order valence-electron chi connectivity index (χ2n) is 13.7. The maximum Gasteiger partial charge on any atom is 0.143 e. The highest BCUT2D eigenvalue weighted by Crippen LogP contribution is 2.46. The van der Waals surface area contributed by atoms with E-state index >= 15 is 0 Å². The molecule has 2 heterocycles. The van der Waals surface area contributed by atoms with Crippen LogP contribution in [0.1, 0.15) is 0 Å². The van der Waals surface area contributed by atoms with Crippen LogP contribution in [0, 0.1) is 0 Å². The molecule has 0 N–H and O–H groups in total. The Morgan fingerprint density at radius 3 is 1.87 bits per heavy atom. The summed E-state index contributed by atoms with van der Waals surface area (Å²) in [7, 11) is 0. The van der Waals surface area contributed by atoms with Crippen LogP contribution < -0.4 is 4.90 Å². The van der Waals surface area contributed by atoms with Crippen molar-refractivity contribution < 1.29 is 4.42 Å². The number of rotatable bonds is 5. The molecule has 0 aliphatic heterocycles. The number of para-hydroxylation sites is 3. The van der Waals surface area contributed by atoms with E-state index in [1.807, 2.05) is 6.07 Å². The maximum absolute atomic E-state index is 6.51. The monoisotopic (exact) mass is 676 g/mol. The van der Waals surface area contributed by atoms with Crippen molar-refractivity contribution in [1.82, 2.24) is 4.57 Å². The summed E-state index contributed by atoms with van der Waals surface area (Å²) >= 11 is 0. The molecule has 11 rings (SSSR count). The van der Waals surface area contributed by atoms with Gasteiger partial charge in [0.1, 0.15) is 11.2 Å². The Hall–Kier alpha value is -7.10. The minimum Gasteiger partial charge on any atom is -0.455 e. The van der Waals surface area contributed by atoms with Gasteiger partial charge in [-0.15, -0.1) is 0 Å². The first-order valence-electron chi connectivity index (χ1n) is 18.1. The molecule has 53 heavy (non-hydrogen) atoms. The van der Waals surface area contributed by atoms with Crippen molar-refractivity contribution in [1.29, 1.82) is 0 Å². The molecule has 0 spiro atoms. The summed E-state index contributed by atoms with van der Waals surface area (Å²) in [6, 6.07) is 69.8. The fraction of sp³-hybridized carbons (Fsp3) is 0. The zero-order valence-electron chi connectivity index (χ0n) is 28.8. The third kappa shape index (κ3) is 4.61. The standard InChI is InChI=1S/C50H32N2O/c1-2-15-36(16-3-1)51-46-22-10-8-19-40(46)43-31-35(27-30-47(43)51)33-25-28-37(29-26-33)52(45-23-12-14-34-13-4-5-17-38(34)45)48-32-44-41-20-9-11-24-49(41)53-50(44)42-21-7-6-18-39(42)48/h1-32H. The van der Waals surface area contributed by atoms with Gasteiger partial charge >= 0.3 is 0 Å². The minimum atomic E-state index is 0.898. The van der Waals surface area contributed by atoms with Crippen LogP contribution in [-0.2, 0) is 0 Å². The number of benzene rings is 9. The Kier molecular flexibility index (Phi) is 6.55. The van der Waals surface area contributed by atoms with Gasteiger partial charge in [-0.05, 0) is 77.2 Å². The number of anilines is 3. The van der Waals surface area contributed by atoms with E-state index in [9.17, 15) is 0 Å². The van der Waals surface area contributed by atoms with E-state index in [1.165, 1.54) is 49.4 Å². The number of hydrogen-bond acceptors (Lipinski definition) is 2. The van der Waals surface area contributed by atoms with Crippen molar-refractivity contribution in [2.45, 2.75) is 0 Å². The molecule has 0 atom stereocenters. The molecule has 3 heteroatoms. The summed E-state index contributed by atoms with van der Waals surface area (Å²) in [5.74, 6) is 0. The minimum absolute atomic E-state index is 0.898. The van der Waals surface area contributed by atoms with Gasteiger partial charge in [-0.1, -0.05) is 133 Å². The maximum atomic E-state index is 6.51. The highest BCUT2D eigenvalue weighted by Gasteiger charge is 2.22. The highest BCUT2D eigenvalue weighted by atomic mass is 16.3. The molecule has 0 radical (unpaired) electrons. The summed E-state index contributed by atoms with van der Waals surface area (Å²) in [6.07, 6.45) is 0. The van der Waals surface area contributed by atoms with Crippen LogP contribution in [0.2, 0.25) is 0 Å². The van der Waals surface area contributed by atoms with E-state index in [0.717, 1.165) is 49.8 Å². The van der Waals surface area contributed by atoms with Gasteiger partial charge in [0, 0.05) is 49.1 Å². The lowest BCUT2D eigenvalue weighted by molar-refractivity contribution is 0.672. The normalized spacial score (nSPS) is 11.8. The molecule has 0 bridgehead atoms. The topological polar surface area (TPSA) is 21.3 Å². The van der Waals surface area contributed by atoms with E-state index in [4.69, 9.17) is 4.42 Å². The number of furan rings is 1. The lowest BCUT2D eigenvalue weighted by atomic mass is 9.99. The molecule has 248 valence electrons. The van der Waals surface area contributed by atoms with Crippen molar-refractivity contribution in [2.75, 3.05) is 4.90 Å². The van der Waals surface area contributed by atoms with Gasteiger partial charge in [0.25, 0.3) is 0 Å². The first-order chi connectivity index (χ1) is 26.3. The van der Waals surface area contributed by atoms with E-state index in [-0.39, 0.29) is 0 Å². The van der Waals surface area contributed by atoms with Crippen molar-refractivity contribution in [3.8, 4) is 16.8 Å². The molecule has 0 aliphatic carbocycles. The molecule has 0 saturated carbocycles. The van der Waals surface area contributed by atoms with Gasteiger partial charge < -0.3 is 13.9 Å². The molecule has 0 fully saturated rings. The molecular formula is C50H32N2O. The summed E-state index contributed by atoms with van der Waals surface area (Å²) in [6.45, 7) is 0. The summed E-state index contributed by atoms with van der Waals surface area (Å²) in [5, 5.41) is 9.36. The van der Waals surface area contributed by atoms with E-state index < -0.39 is 0 Å². The SMILES string of the molecule is c1ccc(-n2c3ccccc3c3cc(-c4ccc(N(c5cccc6ccccc56)c5cc6c7ccccc7oc6c6ccccc56)cc4)ccc32)cc1. The fourth-order valence-corrected chi connectivity index (χ4v) is 8.33. The lowest BCUT2D eigenvalue weighted by Crippen LogP contribution is -2.11. The van der Waals surface area contributed by atoms with E-state index in [0.29, 0.717) is 0 Å². The van der Waals surface area contributed by atoms with Crippen molar-refractivity contribution in [2.24, 2.45) is 0 Å². The Morgan fingerprint density at radius 2 is 1.02 bits per heavy atom. The highest BCUT2D eigenvalue weighted by molar-refractivity contribution is 6.20. The molecule has 11 aromatic rings. The number of fused-ring (bicyclic) bond motifs is 9. The molecule has 2 aromatic heterocycles. The van der Waals surface area contributed by atoms with Gasteiger partial charge in [0.05, 0.1) is 22.4 Å². The van der Waals surface area contributed by atoms with Gasteiger partial charge in [-0.2, -0.15) is 0 Å². The summed E-state index contributed by atoms with van der Waals surface area (Å²) in [5.41, 5.74) is 11.1. The quantitative estimate of drug-likeness (QED) is 0.181. The van der Waals surface area contributed by atoms with Gasteiger partial charge in [0.2, 0.25) is 0 Å². The summed E-state index contributed by atoms with van der Waals surface area (Å²) < 4.78 is 8.88. The zero-order chi connectivity index (χ0) is 34.9. The number of aromatic nitrogens is 1. The van der Waals surface area contributed by atoms with Crippen LogP contribution in [-0.4, -0.2) is 4.57 Å². The molecular weight excluding hydrogens is 645 g/mol. The first-order valence-corrected chi connectivity index (χ1v) is 18.1. The lowest BCUT2D eigenvalue weighted by Gasteiger charge is -2.28. The van der Waals surface area contributed by atoms with E-state index in [2.05, 4.69) is 198 Å². The predicted octanol–water partition coefficient (Wildman–Crippen LogP) is 14.1. The largest absolute Gasteiger partial charge is 0.455 e. The molecule has 0 amide bonds. The van der Waals surface area contributed by atoms with Gasteiger partial charge in [-0.25, -0.2) is 0 Å². The zero-order valence-corrected chi connectivity index (χ0v) is 28.8. The Labute approximate surface area is 306 Å². The Bertz CT molecular complexity index is 3160.